The van der Waals surface area contributed by atoms with Crippen molar-refractivity contribution in [2.75, 3.05) is 0 Å². The van der Waals surface area contributed by atoms with Crippen LogP contribution in [0.1, 0.15) is 33.1 Å². The second kappa shape index (κ2) is 5.89. The Balaban J connectivity index is 1.82. The van der Waals surface area contributed by atoms with Gasteiger partial charge in [-0.2, -0.15) is 0 Å². The first-order valence-electron chi connectivity index (χ1n) is 6.67. The minimum absolute atomic E-state index is 0.0158. The molecule has 0 spiro atoms. The first-order chi connectivity index (χ1) is 8.65. The summed E-state index contributed by atoms with van der Waals surface area (Å²) in [6.07, 6.45) is 2.94. The maximum Gasteiger partial charge on any atom is 0.260 e. The van der Waals surface area contributed by atoms with Crippen molar-refractivity contribution in [3.8, 4) is 5.75 Å². The minimum atomic E-state index is -0.441. The second-order valence-electron chi connectivity index (χ2n) is 5.20. The summed E-state index contributed by atoms with van der Waals surface area (Å²) in [5.41, 5.74) is 0. The van der Waals surface area contributed by atoms with Crippen molar-refractivity contribution in [1.29, 1.82) is 0 Å². The fourth-order valence-electron chi connectivity index (χ4n) is 2.41. The zero-order valence-corrected chi connectivity index (χ0v) is 11.1. The Kier molecular flexibility index (Phi) is 4.24. The van der Waals surface area contributed by atoms with Crippen molar-refractivity contribution in [3.05, 3.63) is 30.3 Å². The van der Waals surface area contributed by atoms with Crippen molar-refractivity contribution in [2.24, 2.45) is 5.92 Å². The predicted octanol–water partition coefficient (Wildman–Crippen LogP) is 2.76. The van der Waals surface area contributed by atoms with E-state index in [4.69, 9.17) is 4.74 Å². The molecular weight excluding hydrogens is 226 g/mol. The van der Waals surface area contributed by atoms with Gasteiger partial charge in [-0.1, -0.05) is 25.1 Å². The highest BCUT2D eigenvalue weighted by Crippen LogP contribution is 2.24. The molecule has 3 nitrogen and oxygen atoms in total. The molecule has 1 aliphatic rings. The van der Waals surface area contributed by atoms with E-state index in [1.54, 1.807) is 6.92 Å². The van der Waals surface area contributed by atoms with Gasteiger partial charge in [-0.25, -0.2) is 0 Å². The van der Waals surface area contributed by atoms with Gasteiger partial charge in [0.05, 0.1) is 0 Å². The Labute approximate surface area is 109 Å². The fourth-order valence-corrected chi connectivity index (χ4v) is 2.41. The van der Waals surface area contributed by atoms with Gasteiger partial charge in [-0.15, -0.1) is 0 Å². The number of ether oxygens (including phenoxy) is 1. The van der Waals surface area contributed by atoms with Crippen LogP contribution in [0.15, 0.2) is 30.3 Å². The summed E-state index contributed by atoms with van der Waals surface area (Å²) < 4.78 is 5.60. The third kappa shape index (κ3) is 3.49. The van der Waals surface area contributed by atoms with Gasteiger partial charge in [0, 0.05) is 6.04 Å². The van der Waals surface area contributed by atoms with Crippen molar-refractivity contribution in [3.63, 3.8) is 0 Å². The molecule has 0 radical (unpaired) electrons. The van der Waals surface area contributed by atoms with E-state index in [9.17, 15) is 4.79 Å². The predicted molar refractivity (Wildman–Crippen MR) is 71.5 cm³/mol. The second-order valence-corrected chi connectivity index (χ2v) is 5.20. The Morgan fingerprint density at radius 3 is 2.67 bits per heavy atom. The molecule has 0 heterocycles. The third-order valence-electron chi connectivity index (χ3n) is 3.47. The van der Waals surface area contributed by atoms with Gasteiger partial charge >= 0.3 is 0 Å². The van der Waals surface area contributed by atoms with Crippen molar-refractivity contribution >= 4 is 5.91 Å². The normalized spacial score (nSPS) is 24.6. The van der Waals surface area contributed by atoms with Gasteiger partial charge in [-0.05, 0) is 44.2 Å². The highest BCUT2D eigenvalue weighted by molar-refractivity contribution is 5.81. The van der Waals surface area contributed by atoms with Crippen LogP contribution in [0.2, 0.25) is 0 Å². The number of amides is 1. The lowest BCUT2D eigenvalue weighted by Gasteiger charge is -2.18. The summed E-state index contributed by atoms with van der Waals surface area (Å²) in [5.74, 6) is 1.44. The maximum atomic E-state index is 12.0. The van der Waals surface area contributed by atoms with E-state index >= 15 is 0 Å². The van der Waals surface area contributed by atoms with Crippen LogP contribution in [0.25, 0.3) is 0 Å². The third-order valence-corrected chi connectivity index (χ3v) is 3.47. The number of carbonyl (C=O) groups excluding carboxylic acids is 1. The molecule has 3 unspecified atom stereocenters. The zero-order valence-electron chi connectivity index (χ0n) is 11.1. The smallest absolute Gasteiger partial charge is 0.260 e. The largest absolute Gasteiger partial charge is 0.481 e. The molecule has 1 aliphatic carbocycles. The van der Waals surface area contributed by atoms with Crippen LogP contribution in [0.4, 0.5) is 0 Å². The van der Waals surface area contributed by atoms with E-state index in [1.807, 2.05) is 30.3 Å². The number of rotatable bonds is 4. The van der Waals surface area contributed by atoms with E-state index in [2.05, 4.69) is 12.2 Å². The summed E-state index contributed by atoms with van der Waals surface area (Å²) in [6, 6.07) is 9.78. The first-order valence-corrected chi connectivity index (χ1v) is 6.67. The maximum absolute atomic E-state index is 12.0. The van der Waals surface area contributed by atoms with Gasteiger partial charge in [0.25, 0.3) is 5.91 Å². The zero-order chi connectivity index (χ0) is 13.0. The summed E-state index contributed by atoms with van der Waals surface area (Å²) in [6.45, 7) is 4.02. The van der Waals surface area contributed by atoms with Crippen LogP contribution >= 0.6 is 0 Å². The lowest BCUT2D eigenvalue weighted by atomic mass is 10.1. The number of para-hydroxylation sites is 1. The van der Waals surface area contributed by atoms with Crippen LogP contribution < -0.4 is 10.1 Å². The van der Waals surface area contributed by atoms with Crippen LogP contribution in [-0.4, -0.2) is 18.1 Å². The van der Waals surface area contributed by atoms with Gasteiger partial charge in [0.1, 0.15) is 5.75 Å². The summed E-state index contributed by atoms with van der Waals surface area (Å²) in [4.78, 5) is 12.0. The molecule has 0 aliphatic heterocycles. The molecule has 0 bridgehead atoms. The molecule has 1 N–H and O–H groups in total. The number of hydrogen-bond acceptors (Lipinski definition) is 2. The van der Waals surface area contributed by atoms with Gasteiger partial charge < -0.3 is 10.1 Å². The average molecular weight is 247 g/mol. The summed E-state index contributed by atoms with van der Waals surface area (Å²) in [7, 11) is 0. The molecule has 2 rings (SSSR count). The van der Waals surface area contributed by atoms with Gasteiger partial charge in [0.2, 0.25) is 0 Å². The Bertz CT molecular complexity index is 391. The molecule has 18 heavy (non-hydrogen) atoms. The topological polar surface area (TPSA) is 38.3 Å². The molecule has 0 saturated heterocycles. The first kappa shape index (κ1) is 12.9. The highest BCUT2D eigenvalue weighted by atomic mass is 16.5. The molecule has 1 saturated carbocycles. The number of hydrogen-bond donors (Lipinski definition) is 1. The SMILES string of the molecule is CC1CCC(NC(=O)C(C)Oc2ccccc2)C1. The number of nitrogens with one attached hydrogen (secondary N) is 1. The Morgan fingerprint density at radius 2 is 2.06 bits per heavy atom. The molecule has 1 amide bonds. The van der Waals surface area contributed by atoms with Gasteiger partial charge in [-0.3, -0.25) is 4.79 Å². The summed E-state index contributed by atoms with van der Waals surface area (Å²) >= 11 is 0. The Hall–Kier alpha value is -1.51. The van der Waals surface area contributed by atoms with Crippen LogP contribution in [0.3, 0.4) is 0 Å². The quantitative estimate of drug-likeness (QED) is 0.888. The highest BCUT2D eigenvalue weighted by Gasteiger charge is 2.25. The van der Waals surface area contributed by atoms with Crippen LogP contribution in [-0.2, 0) is 4.79 Å². The minimum Gasteiger partial charge on any atom is -0.481 e. The van der Waals surface area contributed by atoms with E-state index < -0.39 is 6.10 Å². The monoisotopic (exact) mass is 247 g/mol. The van der Waals surface area contributed by atoms with E-state index in [0.29, 0.717) is 6.04 Å². The molecule has 1 aromatic carbocycles. The average Bonchev–Trinajstić information content (AvgIpc) is 2.76. The standard InChI is InChI=1S/C15H21NO2/c1-11-8-9-13(10-11)16-15(17)12(2)18-14-6-4-3-5-7-14/h3-7,11-13H,8-10H2,1-2H3,(H,16,17). The van der Waals surface area contributed by atoms with Crippen molar-refractivity contribution in [2.45, 2.75) is 45.3 Å². The molecular formula is C15H21NO2. The van der Waals surface area contributed by atoms with Crippen molar-refractivity contribution in [1.82, 2.24) is 5.32 Å². The molecule has 1 aromatic rings. The molecule has 98 valence electrons. The number of benzene rings is 1. The molecule has 0 aromatic heterocycles. The lowest BCUT2D eigenvalue weighted by Crippen LogP contribution is -2.41. The van der Waals surface area contributed by atoms with E-state index in [0.717, 1.165) is 24.5 Å². The van der Waals surface area contributed by atoms with Crippen LogP contribution in [0, 0.1) is 5.92 Å². The van der Waals surface area contributed by atoms with E-state index in [-0.39, 0.29) is 5.91 Å². The van der Waals surface area contributed by atoms with Gasteiger partial charge in [0.15, 0.2) is 6.10 Å². The molecule has 3 heteroatoms. The number of carbonyl (C=O) groups is 1. The van der Waals surface area contributed by atoms with E-state index in [1.165, 1.54) is 6.42 Å². The summed E-state index contributed by atoms with van der Waals surface area (Å²) in [5, 5.41) is 3.07. The lowest BCUT2D eigenvalue weighted by molar-refractivity contribution is -0.127. The molecule has 3 atom stereocenters. The van der Waals surface area contributed by atoms with Crippen molar-refractivity contribution < 1.29 is 9.53 Å². The Morgan fingerprint density at radius 1 is 1.33 bits per heavy atom. The van der Waals surface area contributed by atoms with Crippen LogP contribution in [0.5, 0.6) is 5.75 Å². The molecule has 1 fully saturated rings. The fraction of sp³-hybridized carbons (Fsp3) is 0.533.